The van der Waals surface area contributed by atoms with Gasteiger partial charge in [-0.05, 0) is 92.3 Å². The molecule has 166 valence electrons. The number of aliphatic carboxylic acids is 1. The first-order valence-electron chi connectivity index (χ1n) is 12.0. The number of carbonyl (C=O) groups excluding carboxylic acids is 1. The van der Waals surface area contributed by atoms with Gasteiger partial charge in [0.05, 0.1) is 6.10 Å². The third kappa shape index (κ3) is 4.29. The molecule has 0 aliphatic heterocycles. The number of carboxylic acid groups (broad SMARTS) is 1. The molecule has 0 aromatic carbocycles. The second kappa shape index (κ2) is 8.69. The Morgan fingerprint density at radius 2 is 1.86 bits per heavy atom. The van der Waals surface area contributed by atoms with Gasteiger partial charge in [0.2, 0.25) is 0 Å². The number of carbonyl (C=O) groups is 2. The molecule has 3 unspecified atom stereocenters. The third-order valence-corrected chi connectivity index (χ3v) is 9.57. The number of aliphatic hydroxyl groups is 1. The molecule has 4 nitrogen and oxygen atoms in total. The molecule has 29 heavy (non-hydrogen) atoms. The number of aliphatic hydroxyl groups excluding tert-OH is 1. The molecule has 0 radical (unpaired) electrons. The number of hydrogen-bond acceptors (Lipinski definition) is 3. The Kier molecular flexibility index (Phi) is 6.82. The van der Waals surface area contributed by atoms with Crippen LogP contribution in [0.25, 0.3) is 0 Å². The van der Waals surface area contributed by atoms with E-state index in [0.717, 1.165) is 51.4 Å². The molecule has 3 fully saturated rings. The zero-order valence-electron chi connectivity index (χ0n) is 19.0. The van der Waals surface area contributed by atoms with Crippen molar-refractivity contribution >= 4 is 11.8 Å². The summed E-state index contributed by atoms with van der Waals surface area (Å²) in [6.45, 7) is 9.05. The lowest BCUT2D eigenvalue weighted by Crippen LogP contribution is -2.52. The highest BCUT2D eigenvalue weighted by Crippen LogP contribution is 2.65. The number of fused-ring (bicyclic) bond motifs is 3. The van der Waals surface area contributed by atoms with E-state index in [1.165, 1.54) is 6.42 Å². The summed E-state index contributed by atoms with van der Waals surface area (Å²) in [4.78, 5) is 24.2. The Morgan fingerprint density at radius 1 is 1.14 bits per heavy atom. The van der Waals surface area contributed by atoms with Crippen LogP contribution >= 0.6 is 0 Å². The van der Waals surface area contributed by atoms with E-state index < -0.39 is 5.97 Å². The first-order chi connectivity index (χ1) is 13.6. The number of rotatable bonds is 8. The minimum Gasteiger partial charge on any atom is -0.481 e. The van der Waals surface area contributed by atoms with Gasteiger partial charge in [0.15, 0.2) is 0 Å². The van der Waals surface area contributed by atoms with Crippen LogP contribution in [0, 0.1) is 40.4 Å². The quantitative estimate of drug-likeness (QED) is 0.561. The molecule has 3 aliphatic carbocycles. The standard InChI is InChI=1S/C25H42O4/c1-5-17(26)10-13-24(3)14-12-21(27)23-19(24)11-15-25(4)18(7-8-20(23)25)16(2)6-9-22(28)29/h16-20,23,26H,5-15H2,1-4H3,(H,28,29)/t16-,17+,18-,19?,20?,23?,24+,25-/m1/s1. The second-order valence-electron chi connectivity index (χ2n) is 11.1. The maximum atomic E-state index is 13.2. The summed E-state index contributed by atoms with van der Waals surface area (Å²) in [6, 6.07) is 0. The average molecular weight is 407 g/mol. The van der Waals surface area contributed by atoms with Crippen molar-refractivity contribution in [2.24, 2.45) is 40.4 Å². The normalized spacial score (nSPS) is 41.5. The average Bonchev–Trinajstić information content (AvgIpc) is 3.04. The lowest BCUT2D eigenvalue weighted by Gasteiger charge is -2.56. The number of carboxylic acids is 1. The van der Waals surface area contributed by atoms with Crippen molar-refractivity contribution in [2.75, 3.05) is 0 Å². The Morgan fingerprint density at radius 3 is 2.52 bits per heavy atom. The van der Waals surface area contributed by atoms with Crippen LogP contribution in [0.5, 0.6) is 0 Å². The second-order valence-corrected chi connectivity index (χ2v) is 11.1. The van der Waals surface area contributed by atoms with Gasteiger partial charge in [0, 0.05) is 18.8 Å². The summed E-state index contributed by atoms with van der Waals surface area (Å²) >= 11 is 0. The van der Waals surface area contributed by atoms with Crippen LogP contribution < -0.4 is 0 Å². The van der Waals surface area contributed by atoms with Crippen LogP contribution in [0.4, 0.5) is 0 Å². The summed E-state index contributed by atoms with van der Waals surface area (Å²) in [5.74, 6) is 1.83. The van der Waals surface area contributed by atoms with Crippen molar-refractivity contribution in [1.29, 1.82) is 0 Å². The van der Waals surface area contributed by atoms with E-state index in [1.54, 1.807) is 0 Å². The summed E-state index contributed by atoms with van der Waals surface area (Å²) in [7, 11) is 0. The first-order valence-corrected chi connectivity index (χ1v) is 12.0. The van der Waals surface area contributed by atoms with Crippen LogP contribution in [0.15, 0.2) is 0 Å². The third-order valence-electron chi connectivity index (χ3n) is 9.57. The first kappa shape index (κ1) is 22.8. The van der Waals surface area contributed by atoms with Gasteiger partial charge in [-0.2, -0.15) is 0 Å². The molecule has 2 N–H and O–H groups in total. The van der Waals surface area contributed by atoms with E-state index in [-0.39, 0.29) is 29.3 Å². The van der Waals surface area contributed by atoms with E-state index in [0.29, 0.717) is 35.9 Å². The van der Waals surface area contributed by atoms with Crippen LogP contribution in [-0.2, 0) is 9.59 Å². The molecule has 0 saturated heterocycles. The number of Topliss-reactive ketones (excluding diaryl/α,β-unsaturated/α-hetero) is 1. The van der Waals surface area contributed by atoms with Crippen molar-refractivity contribution in [1.82, 2.24) is 0 Å². The highest BCUT2D eigenvalue weighted by Gasteiger charge is 2.60. The molecule has 0 spiro atoms. The molecular formula is C25H42O4. The molecule has 4 heteroatoms. The highest BCUT2D eigenvalue weighted by molar-refractivity contribution is 5.83. The van der Waals surface area contributed by atoms with Gasteiger partial charge in [-0.1, -0.05) is 27.7 Å². The SMILES string of the molecule is CC[C@H](O)CC[C@@]1(C)CCC(=O)C2C1CC[C@@]1(C)C2CC[C@@H]1[C@H](C)CCC(=O)O. The molecule has 0 heterocycles. The zero-order chi connectivity index (χ0) is 21.4. The zero-order valence-corrected chi connectivity index (χ0v) is 19.0. The minimum absolute atomic E-state index is 0.170. The highest BCUT2D eigenvalue weighted by atomic mass is 16.4. The van der Waals surface area contributed by atoms with E-state index in [1.807, 2.05) is 6.92 Å². The van der Waals surface area contributed by atoms with Crippen LogP contribution in [0.2, 0.25) is 0 Å². The number of ketones is 1. The smallest absolute Gasteiger partial charge is 0.303 e. The fourth-order valence-electron chi connectivity index (χ4n) is 7.67. The lowest BCUT2D eigenvalue weighted by molar-refractivity contribution is -0.146. The Hall–Kier alpha value is -0.900. The van der Waals surface area contributed by atoms with Crippen LogP contribution in [-0.4, -0.2) is 28.1 Å². The van der Waals surface area contributed by atoms with Gasteiger partial charge in [0.25, 0.3) is 0 Å². The van der Waals surface area contributed by atoms with Crippen molar-refractivity contribution < 1.29 is 19.8 Å². The number of hydrogen-bond donors (Lipinski definition) is 2. The molecule has 3 aliphatic rings. The van der Waals surface area contributed by atoms with E-state index in [2.05, 4.69) is 20.8 Å². The molecule has 0 bridgehead atoms. The summed E-state index contributed by atoms with van der Waals surface area (Å²) in [6.07, 6.45) is 9.68. The van der Waals surface area contributed by atoms with Gasteiger partial charge in [0.1, 0.15) is 5.78 Å². The Balaban J connectivity index is 1.77. The maximum Gasteiger partial charge on any atom is 0.303 e. The largest absolute Gasteiger partial charge is 0.481 e. The topological polar surface area (TPSA) is 74.6 Å². The Labute approximate surface area is 176 Å². The van der Waals surface area contributed by atoms with Gasteiger partial charge in [-0.3, -0.25) is 9.59 Å². The summed E-state index contributed by atoms with van der Waals surface area (Å²) < 4.78 is 0. The van der Waals surface area contributed by atoms with Crippen molar-refractivity contribution in [3.05, 3.63) is 0 Å². The Bertz CT molecular complexity index is 616. The predicted molar refractivity (Wildman–Crippen MR) is 114 cm³/mol. The van der Waals surface area contributed by atoms with Crippen molar-refractivity contribution in [3.8, 4) is 0 Å². The van der Waals surface area contributed by atoms with Crippen LogP contribution in [0.1, 0.15) is 98.3 Å². The molecule has 0 amide bonds. The molecule has 8 atom stereocenters. The molecule has 0 aromatic rings. The molecular weight excluding hydrogens is 364 g/mol. The van der Waals surface area contributed by atoms with Gasteiger partial charge in [-0.15, -0.1) is 0 Å². The molecule has 3 saturated carbocycles. The van der Waals surface area contributed by atoms with E-state index in [4.69, 9.17) is 5.11 Å². The molecule has 3 rings (SSSR count). The lowest BCUT2D eigenvalue weighted by atomic mass is 9.47. The summed E-state index contributed by atoms with van der Waals surface area (Å²) in [5.41, 5.74) is 0.346. The van der Waals surface area contributed by atoms with E-state index >= 15 is 0 Å². The minimum atomic E-state index is -0.701. The van der Waals surface area contributed by atoms with Crippen LogP contribution in [0.3, 0.4) is 0 Å². The van der Waals surface area contributed by atoms with Gasteiger partial charge < -0.3 is 10.2 Å². The summed E-state index contributed by atoms with van der Waals surface area (Å²) in [5, 5.41) is 19.2. The fourth-order valence-corrected chi connectivity index (χ4v) is 7.67. The molecule has 0 aromatic heterocycles. The van der Waals surface area contributed by atoms with Crippen molar-refractivity contribution in [3.63, 3.8) is 0 Å². The van der Waals surface area contributed by atoms with E-state index in [9.17, 15) is 14.7 Å². The van der Waals surface area contributed by atoms with Gasteiger partial charge in [-0.25, -0.2) is 0 Å². The maximum absolute atomic E-state index is 13.2. The fraction of sp³-hybridized carbons (Fsp3) is 0.920. The monoisotopic (exact) mass is 406 g/mol. The van der Waals surface area contributed by atoms with Crippen molar-refractivity contribution in [2.45, 2.75) is 104 Å². The van der Waals surface area contributed by atoms with Gasteiger partial charge >= 0.3 is 5.97 Å². The predicted octanol–water partition coefficient (Wildman–Crippen LogP) is 5.47.